The molecular formula is C29H21F3N5O3S. The van der Waals surface area contributed by atoms with Crippen molar-refractivity contribution in [2.45, 2.75) is 18.6 Å². The topological polar surface area (TPSA) is 103 Å². The van der Waals surface area contributed by atoms with Gasteiger partial charge in [0, 0.05) is 18.1 Å². The molecule has 3 amide bonds. The molecule has 3 aromatic carbocycles. The summed E-state index contributed by atoms with van der Waals surface area (Å²) in [7, 11) is 0. The fourth-order valence-electron chi connectivity index (χ4n) is 4.58. The van der Waals surface area contributed by atoms with Gasteiger partial charge >= 0.3 is 6.18 Å². The van der Waals surface area contributed by atoms with Crippen LogP contribution in [0.15, 0.2) is 79.0 Å². The lowest BCUT2D eigenvalue weighted by atomic mass is 10.0. The van der Waals surface area contributed by atoms with Crippen LogP contribution in [0.2, 0.25) is 0 Å². The average Bonchev–Trinajstić information content (AvgIpc) is 3.20. The number of amides is 3. The van der Waals surface area contributed by atoms with Gasteiger partial charge in [-0.25, -0.2) is 0 Å². The highest BCUT2D eigenvalue weighted by atomic mass is 32.1. The number of hydrogen-bond acceptors (Lipinski definition) is 5. The van der Waals surface area contributed by atoms with E-state index in [0.29, 0.717) is 10.9 Å². The summed E-state index contributed by atoms with van der Waals surface area (Å²) < 4.78 is 40.0. The largest absolute Gasteiger partial charge is 0.416 e. The first-order chi connectivity index (χ1) is 19.6. The van der Waals surface area contributed by atoms with Crippen LogP contribution in [0.3, 0.4) is 0 Å². The molecule has 4 aromatic rings. The number of halogens is 3. The Kier molecular flexibility index (Phi) is 7.66. The van der Waals surface area contributed by atoms with E-state index < -0.39 is 35.5 Å². The van der Waals surface area contributed by atoms with Crippen molar-refractivity contribution in [3.05, 3.63) is 113 Å². The van der Waals surface area contributed by atoms with Crippen LogP contribution in [0.5, 0.6) is 0 Å². The fraction of sp³-hybridized carbons (Fsp3) is 0.138. The number of aromatic nitrogens is 1. The van der Waals surface area contributed by atoms with E-state index in [1.165, 1.54) is 30.5 Å². The third-order valence-electron chi connectivity index (χ3n) is 6.47. The number of nitrogens with zero attached hydrogens (tertiary/aromatic N) is 2. The molecule has 1 aliphatic rings. The summed E-state index contributed by atoms with van der Waals surface area (Å²) in [6, 6.07) is 20.0. The summed E-state index contributed by atoms with van der Waals surface area (Å²) in [4.78, 5) is 43.9. The van der Waals surface area contributed by atoms with E-state index >= 15 is 0 Å². The van der Waals surface area contributed by atoms with Crippen molar-refractivity contribution in [3.8, 4) is 0 Å². The molecule has 3 N–H and O–H groups in total. The van der Waals surface area contributed by atoms with E-state index in [4.69, 9.17) is 12.2 Å². The fourth-order valence-corrected chi connectivity index (χ4v) is 4.80. The third-order valence-corrected chi connectivity index (χ3v) is 6.69. The molecule has 0 spiro atoms. The van der Waals surface area contributed by atoms with Crippen molar-refractivity contribution in [2.75, 3.05) is 6.54 Å². The summed E-state index contributed by atoms with van der Waals surface area (Å²) in [5, 5.41) is 4.19. The van der Waals surface area contributed by atoms with Crippen molar-refractivity contribution < 1.29 is 27.6 Å². The lowest BCUT2D eigenvalue weighted by Gasteiger charge is -2.25. The van der Waals surface area contributed by atoms with Crippen molar-refractivity contribution in [1.82, 2.24) is 26.1 Å². The van der Waals surface area contributed by atoms with Gasteiger partial charge in [-0.15, -0.1) is 0 Å². The molecule has 1 radical (unpaired) electrons. The molecule has 1 aromatic heterocycles. The van der Waals surface area contributed by atoms with Gasteiger partial charge in [-0.2, -0.15) is 13.2 Å². The number of alkyl halides is 3. The summed E-state index contributed by atoms with van der Waals surface area (Å²) in [5.41, 5.74) is 5.11. The Bertz CT molecular complexity index is 1640. The zero-order valence-electron chi connectivity index (χ0n) is 21.2. The van der Waals surface area contributed by atoms with Crippen LogP contribution < -0.4 is 16.2 Å². The Morgan fingerprint density at radius 2 is 1.73 bits per heavy atom. The molecule has 2 heterocycles. The molecule has 0 bridgehead atoms. The summed E-state index contributed by atoms with van der Waals surface area (Å²) in [6.45, 7) is -0.195. The quantitative estimate of drug-likeness (QED) is 0.181. The second-order valence-electron chi connectivity index (χ2n) is 9.23. The highest BCUT2D eigenvalue weighted by Gasteiger charge is 2.37. The maximum absolute atomic E-state index is 13.3. The van der Waals surface area contributed by atoms with Crippen LogP contribution in [0, 0.1) is 6.07 Å². The number of pyridine rings is 1. The molecule has 0 fully saturated rings. The number of hydrogen-bond donors (Lipinski definition) is 3. The molecule has 12 heteroatoms. The Labute approximate surface area is 237 Å². The minimum absolute atomic E-state index is 0.0194. The van der Waals surface area contributed by atoms with Crippen LogP contribution >= 0.6 is 12.2 Å². The molecule has 1 aliphatic heterocycles. The lowest BCUT2D eigenvalue weighted by molar-refractivity contribution is -0.137. The Morgan fingerprint density at radius 1 is 1.00 bits per heavy atom. The number of imide groups is 1. The van der Waals surface area contributed by atoms with E-state index in [9.17, 15) is 27.6 Å². The third kappa shape index (κ3) is 6.02. The van der Waals surface area contributed by atoms with Gasteiger partial charge in [0.25, 0.3) is 17.7 Å². The summed E-state index contributed by atoms with van der Waals surface area (Å²) in [6.07, 6.45) is -3.08. The number of nitrogens with one attached hydrogen (secondary N) is 3. The zero-order valence-corrected chi connectivity index (χ0v) is 22.0. The molecule has 1 atom stereocenters. The van der Waals surface area contributed by atoms with E-state index in [2.05, 4.69) is 27.2 Å². The number of carbonyl (C=O) groups excluding carboxylic acids is 3. The van der Waals surface area contributed by atoms with Crippen LogP contribution in [-0.2, 0) is 12.6 Å². The Morgan fingerprint density at radius 3 is 2.44 bits per heavy atom. The molecule has 8 nitrogen and oxygen atoms in total. The summed E-state index contributed by atoms with van der Waals surface area (Å²) in [5.74, 6) is -1.62. The van der Waals surface area contributed by atoms with Crippen LogP contribution in [0.1, 0.15) is 42.3 Å². The SMILES string of the molecule is O=C(NNC(=S)N[C@H](Cc1cccc(C(F)(F)F)c1)CN1C(=O)c2ccccc2C1=O)c1nccc2c[c]ccc12. The van der Waals surface area contributed by atoms with Gasteiger partial charge in [0.2, 0.25) is 0 Å². The first kappa shape index (κ1) is 27.7. The van der Waals surface area contributed by atoms with E-state index in [1.54, 1.807) is 36.4 Å². The highest BCUT2D eigenvalue weighted by molar-refractivity contribution is 7.80. The van der Waals surface area contributed by atoms with E-state index in [1.807, 2.05) is 0 Å². The minimum Gasteiger partial charge on any atom is -0.356 e. The predicted octanol–water partition coefficient (Wildman–Crippen LogP) is 4.07. The smallest absolute Gasteiger partial charge is 0.356 e. The van der Waals surface area contributed by atoms with Gasteiger partial charge in [-0.05, 0) is 66.0 Å². The van der Waals surface area contributed by atoms with Crippen molar-refractivity contribution in [2.24, 2.45) is 0 Å². The maximum Gasteiger partial charge on any atom is 0.416 e. The Balaban J connectivity index is 1.32. The molecular weight excluding hydrogens is 555 g/mol. The molecule has 0 saturated carbocycles. The number of rotatable bonds is 6. The second-order valence-corrected chi connectivity index (χ2v) is 9.63. The maximum atomic E-state index is 13.3. The van der Waals surface area contributed by atoms with E-state index in [0.717, 1.165) is 22.4 Å². The average molecular weight is 577 g/mol. The van der Waals surface area contributed by atoms with Gasteiger partial charge in [0.1, 0.15) is 5.69 Å². The van der Waals surface area contributed by atoms with E-state index in [-0.39, 0.29) is 34.9 Å². The Hall–Kier alpha value is -4.84. The molecule has 207 valence electrons. The van der Waals surface area contributed by atoms with Gasteiger partial charge in [-0.1, -0.05) is 42.5 Å². The number of thiocarbonyl (C=S) groups is 1. The summed E-state index contributed by atoms with van der Waals surface area (Å²) >= 11 is 5.33. The van der Waals surface area contributed by atoms with Gasteiger partial charge < -0.3 is 5.32 Å². The number of fused-ring (bicyclic) bond motifs is 2. The first-order valence-electron chi connectivity index (χ1n) is 12.3. The molecule has 41 heavy (non-hydrogen) atoms. The lowest BCUT2D eigenvalue weighted by Crippen LogP contribution is -2.53. The van der Waals surface area contributed by atoms with Crippen LogP contribution in [-0.4, -0.2) is 45.3 Å². The van der Waals surface area contributed by atoms with Gasteiger partial charge in [-0.3, -0.25) is 35.1 Å². The van der Waals surface area contributed by atoms with Gasteiger partial charge in [0.05, 0.1) is 22.7 Å². The molecule has 5 rings (SSSR count). The van der Waals surface area contributed by atoms with Crippen molar-refractivity contribution in [3.63, 3.8) is 0 Å². The molecule has 0 aliphatic carbocycles. The highest BCUT2D eigenvalue weighted by Crippen LogP contribution is 2.30. The van der Waals surface area contributed by atoms with Gasteiger partial charge in [0.15, 0.2) is 5.11 Å². The number of hydrazine groups is 1. The van der Waals surface area contributed by atoms with Crippen molar-refractivity contribution in [1.29, 1.82) is 0 Å². The predicted molar refractivity (Wildman–Crippen MR) is 148 cm³/mol. The minimum atomic E-state index is -4.55. The molecule has 0 unspecified atom stereocenters. The number of carbonyl (C=O) groups is 3. The van der Waals surface area contributed by atoms with Crippen LogP contribution in [0.25, 0.3) is 10.8 Å². The monoisotopic (exact) mass is 576 g/mol. The number of benzene rings is 3. The van der Waals surface area contributed by atoms with Crippen molar-refractivity contribution >= 4 is 45.8 Å². The molecule has 0 saturated heterocycles. The normalized spacial score (nSPS) is 13.6. The van der Waals surface area contributed by atoms with Crippen LogP contribution in [0.4, 0.5) is 13.2 Å². The zero-order chi connectivity index (χ0) is 29.1. The second kappa shape index (κ2) is 11.3. The standard InChI is InChI=1S/C29H21F3N5O3S/c30-29(31,32)19-8-5-6-17(14-19)15-20(16-37-26(39)22-10-3-4-11-23(22)27(37)40)34-28(41)36-35-25(38)24-21-9-2-1-7-18(21)12-13-33-24/h2-14,20H,15-16H2,(H,35,38)(H2,34,36,41)/t20-/m1/s1. The first-order valence-corrected chi connectivity index (χ1v) is 12.8.